The SMILES string of the molecule is COc1ccc2cccnc2c1S(=O)O. The van der Waals surface area contributed by atoms with Crippen LogP contribution in [0.1, 0.15) is 0 Å². The van der Waals surface area contributed by atoms with Crippen molar-refractivity contribution in [1.29, 1.82) is 0 Å². The Morgan fingerprint density at radius 2 is 2.20 bits per heavy atom. The fraction of sp³-hybridized carbons (Fsp3) is 0.100. The lowest BCUT2D eigenvalue weighted by atomic mass is 10.2. The molecule has 1 unspecified atom stereocenters. The first-order valence-corrected chi connectivity index (χ1v) is 5.37. The van der Waals surface area contributed by atoms with Crippen LogP contribution in [0.2, 0.25) is 0 Å². The molecule has 0 amide bonds. The van der Waals surface area contributed by atoms with Crippen LogP contribution in [0.4, 0.5) is 0 Å². The molecule has 0 bridgehead atoms. The van der Waals surface area contributed by atoms with Crippen molar-refractivity contribution in [2.75, 3.05) is 7.11 Å². The van der Waals surface area contributed by atoms with Crippen molar-refractivity contribution in [1.82, 2.24) is 4.98 Å². The van der Waals surface area contributed by atoms with E-state index in [-0.39, 0.29) is 4.90 Å². The van der Waals surface area contributed by atoms with Crippen LogP contribution >= 0.6 is 0 Å². The van der Waals surface area contributed by atoms with Crippen LogP contribution in [-0.2, 0) is 11.1 Å². The number of nitrogens with zero attached hydrogens (tertiary/aromatic N) is 1. The largest absolute Gasteiger partial charge is 0.495 e. The molecule has 0 aliphatic carbocycles. The first-order chi connectivity index (χ1) is 7.24. The first-order valence-electron chi connectivity index (χ1n) is 4.26. The van der Waals surface area contributed by atoms with Crippen molar-refractivity contribution in [2.45, 2.75) is 4.90 Å². The zero-order valence-corrected chi connectivity index (χ0v) is 8.82. The maximum atomic E-state index is 11.2. The van der Waals surface area contributed by atoms with Crippen molar-refractivity contribution < 1.29 is 13.5 Å². The third-order valence-electron chi connectivity index (χ3n) is 2.09. The molecule has 0 saturated carbocycles. The van der Waals surface area contributed by atoms with E-state index in [1.54, 1.807) is 24.4 Å². The van der Waals surface area contributed by atoms with Gasteiger partial charge in [-0.1, -0.05) is 6.07 Å². The number of aromatic nitrogens is 1. The van der Waals surface area contributed by atoms with E-state index in [1.807, 2.05) is 6.07 Å². The number of hydrogen-bond donors (Lipinski definition) is 1. The average Bonchev–Trinajstić information content (AvgIpc) is 2.27. The van der Waals surface area contributed by atoms with E-state index in [1.165, 1.54) is 7.11 Å². The standard InChI is InChI=1S/C10H9NO3S/c1-14-8-5-4-7-3-2-6-11-9(7)10(8)15(12)13/h2-6H,1H3,(H,12,13). The molecule has 2 aromatic rings. The molecule has 4 nitrogen and oxygen atoms in total. The normalized spacial score (nSPS) is 12.7. The summed E-state index contributed by atoms with van der Waals surface area (Å²) in [7, 11) is 1.46. The molecule has 15 heavy (non-hydrogen) atoms. The molecule has 1 atom stereocenters. The summed E-state index contributed by atoms with van der Waals surface area (Å²) in [6.45, 7) is 0. The summed E-state index contributed by atoms with van der Waals surface area (Å²) in [6.07, 6.45) is 1.58. The highest BCUT2D eigenvalue weighted by molar-refractivity contribution is 7.79. The first kappa shape index (κ1) is 10.1. The maximum Gasteiger partial charge on any atom is 0.192 e. The summed E-state index contributed by atoms with van der Waals surface area (Å²) in [4.78, 5) is 4.30. The molecule has 1 aromatic heterocycles. The van der Waals surface area contributed by atoms with Crippen LogP contribution in [0.15, 0.2) is 35.4 Å². The van der Waals surface area contributed by atoms with Gasteiger partial charge in [-0.2, -0.15) is 0 Å². The van der Waals surface area contributed by atoms with E-state index in [9.17, 15) is 8.76 Å². The number of fused-ring (bicyclic) bond motifs is 1. The highest BCUT2D eigenvalue weighted by Gasteiger charge is 2.13. The summed E-state index contributed by atoms with van der Waals surface area (Å²) < 4.78 is 25.4. The van der Waals surface area contributed by atoms with Crippen molar-refractivity contribution in [2.24, 2.45) is 0 Å². The van der Waals surface area contributed by atoms with Crippen molar-refractivity contribution >= 4 is 22.0 Å². The minimum atomic E-state index is -2.10. The lowest BCUT2D eigenvalue weighted by Crippen LogP contribution is -1.97. The van der Waals surface area contributed by atoms with Gasteiger partial charge in [0.2, 0.25) is 0 Å². The Bertz CT molecular complexity index is 527. The molecule has 5 heteroatoms. The zero-order chi connectivity index (χ0) is 10.8. The van der Waals surface area contributed by atoms with Crippen LogP contribution in [0, 0.1) is 0 Å². The molecule has 2 rings (SSSR count). The lowest BCUT2D eigenvalue weighted by Gasteiger charge is -2.07. The number of ether oxygens (including phenoxy) is 1. The lowest BCUT2D eigenvalue weighted by molar-refractivity contribution is 0.403. The monoisotopic (exact) mass is 223 g/mol. The molecule has 1 heterocycles. The zero-order valence-electron chi connectivity index (χ0n) is 8.01. The smallest absolute Gasteiger partial charge is 0.192 e. The average molecular weight is 223 g/mol. The molecule has 78 valence electrons. The maximum absolute atomic E-state index is 11.2. The number of pyridine rings is 1. The molecule has 0 fully saturated rings. The highest BCUT2D eigenvalue weighted by atomic mass is 32.2. The molecule has 0 radical (unpaired) electrons. The van der Waals surface area contributed by atoms with Crippen molar-refractivity contribution in [3.8, 4) is 5.75 Å². The molecule has 0 aliphatic heterocycles. The van der Waals surface area contributed by atoms with Gasteiger partial charge in [0.25, 0.3) is 0 Å². The molecule has 1 N–H and O–H groups in total. The molecule has 1 aromatic carbocycles. The fourth-order valence-electron chi connectivity index (χ4n) is 1.43. The topological polar surface area (TPSA) is 59.4 Å². The van der Waals surface area contributed by atoms with Gasteiger partial charge < -0.3 is 9.29 Å². The molecular weight excluding hydrogens is 214 g/mol. The van der Waals surface area contributed by atoms with Crippen LogP contribution in [0.5, 0.6) is 5.75 Å². The molecule has 0 aliphatic rings. The van der Waals surface area contributed by atoms with E-state index in [0.717, 1.165) is 5.39 Å². The van der Waals surface area contributed by atoms with Gasteiger partial charge in [0.15, 0.2) is 11.1 Å². The van der Waals surface area contributed by atoms with Gasteiger partial charge in [0.05, 0.1) is 12.6 Å². The van der Waals surface area contributed by atoms with Gasteiger partial charge in [0, 0.05) is 11.6 Å². The minimum absolute atomic E-state index is 0.218. The molecule has 0 spiro atoms. The summed E-state index contributed by atoms with van der Waals surface area (Å²) in [5.74, 6) is 0.377. The third-order valence-corrected chi connectivity index (χ3v) is 2.83. The van der Waals surface area contributed by atoms with E-state index in [4.69, 9.17) is 4.74 Å². The summed E-state index contributed by atoms with van der Waals surface area (Å²) >= 11 is -2.10. The second-order valence-electron chi connectivity index (χ2n) is 2.92. The van der Waals surface area contributed by atoms with Gasteiger partial charge >= 0.3 is 0 Å². The third kappa shape index (κ3) is 1.71. The van der Waals surface area contributed by atoms with Crippen LogP contribution in [-0.4, -0.2) is 20.9 Å². The summed E-state index contributed by atoms with van der Waals surface area (Å²) in [5.41, 5.74) is 0.498. The predicted molar refractivity (Wildman–Crippen MR) is 57.3 cm³/mol. The quantitative estimate of drug-likeness (QED) is 0.789. The Labute approximate surface area is 89.2 Å². The molecular formula is C10H9NO3S. The molecule has 0 saturated heterocycles. The number of hydrogen-bond acceptors (Lipinski definition) is 3. The second-order valence-corrected chi connectivity index (χ2v) is 3.83. The Kier molecular flexibility index (Phi) is 2.66. The Morgan fingerprint density at radius 1 is 1.40 bits per heavy atom. The number of benzene rings is 1. The predicted octanol–water partition coefficient (Wildman–Crippen LogP) is 1.82. The Morgan fingerprint density at radius 3 is 2.87 bits per heavy atom. The Balaban J connectivity index is 2.85. The second kappa shape index (κ2) is 3.96. The van der Waals surface area contributed by atoms with Crippen LogP contribution in [0.3, 0.4) is 0 Å². The van der Waals surface area contributed by atoms with Gasteiger partial charge in [-0.25, -0.2) is 4.21 Å². The van der Waals surface area contributed by atoms with Crippen molar-refractivity contribution in [3.63, 3.8) is 0 Å². The highest BCUT2D eigenvalue weighted by Crippen LogP contribution is 2.28. The van der Waals surface area contributed by atoms with E-state index in [0.29, 0.717) is 11.3 Å². The van der Waals surface area contributed by atoms with Gasteiger partial charge in [-0.3, -0.25) is 4.98 Å². The van der Waals surface area contributed by atoms with Gasteiger partial charge in [-0.15, -0.1) is 0 Å². The number of rotatable bonds is 2. The van der Waals surface area contributed by atoms with E-state index < -0.39 is 11.1 Å². The van der Waals surface area contributed by atoms with Crippen LogP contribution < -0.4 is 4.74 Å². The number of methoxy groups -OCH3 is 1. The minimum Gasteiger partial charge on any atom is -0.495 e. The van der Waals surface area contributed by atoms with Crippen LogP contribution in [0.25, 0.3) is 10.9 Å². The van der Waals surface area contributed by atoms with E-state index in [2.05, 4.69) is 4.98 Å². The summed E-state index contributed by atoms with van der Waals surface area (Å²) in [6, 6.07) is 7.07. The summed E-state index contributed by atoms with van der Waals surface area (Å²) in [5, 5.41) is 0.815. The van der Waals surface area contributed by atoms with Crippen molar-refractivity contribution in [3.05, 3.63) is 30.5 Å². The van der Waals surface area contributed by atoms with Gasteiger partial charge in [0.1, 0.15) is 10.6 Å². The Hall–Kier alpha value is -1.46. The fourth-order valence-corrected chi connectivity index (χ4v) is 2.09. The van der Waals surface area contributed by atoms with Gasteiger partial charge in [-0.05, 0) is 18.2 Å². The van der Waals surface area contributed by atoms with E-state index >= 15 is 0 Å².